The summed E-state index contributed by atoms with van der Waals surface area (Å²) < 4.78 is 32.1. The molecule has 52 valence electrons. The SMILES string of the molecule is [2H]C1O[C@@]2([2H])OCC[C@@]2([2H])[C@H]1O. The summed E-state index contributed by atoms with van der Waals surface area (Å²) in [5.41, 5.74) is 0. The first kappa shape index (κ1) is 3.32. The van der Waals surface area contributed by atoms with Crippen molar-refractivity contribution in [1.29, 1.82) is 0 Å². The number of fused-ring (bicyclic) bond motifs is 1. The molecule has 9 heavy (non-hydrogen) atoms. The smallest absolute Gasteiger partial charge is 0.163 e. The Morgan fingerprint density at radius 2 is 2.56 bits per heavy atom. The fraction of sp³-hybridized carbons (Fsp3) is 1.00. The Kier molecular flexibility index (Phi) is 0.715. The lowest BCUT2D eigenvalue weighted by Gasteiger charge is -2.06. The fourth-order valence-electron chi connectivity index (χ4n) is 1.04. The molecule has 3 nitrogen and oxygen atoms in total. The van der Waals surface area contributed by atoms with Gasteiger partial charge in [-0.2, -0.15) is 0 Å². The predicted octanol–water partition coefficient (Wildman–Crippen LogP) is -0.260. The molecular formula is C6H10O3. The molecule has 3 heteroatoms. The van der Waals surface area contributed by atoms with Crippen molar-refractivity contribution < 1.29 is 18.7 Å². The fourth-order valence-corrected chi connectivity index (χ4v) is 1.04. The molecule has 2 fully saturated rings. The van der Waals surface area contributed by atoms with Crippen LogP contribution in [0.15, 0.2) is 0 Å². The molecule has 0 radical (unpaired) electrons. The minimum atomic E-state index is -1.83. The minimum absolute atomic E-state index is 0.233. The second kappa shape index (κ2) is 1.94. The zero-order chi connectivity index (χ0) is 8.98. The maximum absolute atomic E-state index is 9.39. The average Bonchev–Trinajstić information content (AvgIpc) is 2.34. The lowest BCUT2D eigenvalue weighted by Crippen LogP contribution is -2.18. The van der Waals surface area contributed by atoms with Crippen LogP contribution >= 0.6 is 0 Å². The van der Waals surface area contributed by atoms with Crippen molar-refractivity contribution in [2.45, 2.75) is 18.8 Å². The van der Waals surface area contributed by atoms with Crippen LogP contribution in [-0.4, -0.2) is 30.7 Å². The summed E-state index contributed by atoms with van der Waals surface area (Å²) in [6.07, 6.45) is -2.84. The molecule has 0 saturated carbocycles. The van der Waals surface area contributed by atoms with E-state index in [0.29, 0.717) is 0 Å². The third-order valence-corrected chi connectivity index (χ3v) is 1.53. The van der Waals surface area contributed by atoms with Crippen molar-refractivity contribution in [3.8, 4) is 0 Å². The number of hydrogen-bond acceptors (Lipinski definition) is 3. The van der Waals surface area contributed by atoms with Crippen LogP contribution in [-0.2, 0) is 9.47 Å². The Morgan fingerprint density at radius 1 is 1.67 bits per heavy atom. The summed E-state index contributed by atoms with van der Waals surface area (Å²) in [7, 11) is 0. The van der Waals surface area contributed by atoms with Gasteiger partial charge < -0.3 is 14.6 Å². The van der Waals surface area contributed by atoms with Crippen LogP contribution in [0.3, 0.4) is 0 Å². The number of aliphatic hydroxyl groups is 1. The number of rotatable bonds is 0. The molecule has 0 aliphatic carbocycles. The van der Waals surface area contributed by atoms with E-state index in [9.17, 15) is 5.11 Å². The molecule has 0 amide bonds. The number of aliphatic hydroxyl groups excluding tert-OH is 1. The maximum atomic E-state index is 9.39. The quantitative estimate of drug-likeness (QED) is 0.495. The molecule has 2 heterocycles. The molecule has 2 aliphatic heterocycles. The van der Waals surface area contributed by atoms with Crippen molar-refractivity contribution in [1.82, 2.24) is 0 Å². The molecule has 0 aromatic heterocycles. The van der Waals surface area contributed by atoms with Gasteiger partial charge in [-0.1, -0.05) is 0 Å². The summed E-state index contributed by atoms with van der Waals surface area (Å²) >= 11 is 0. The Bertz CT molecular complexity index is 214. The number of ether oxygens (including phenoxy) is 2. The van der Waals surface area contributed by atoms with Gasteiger partial charge in [-0.15, -0.1) is 0 Å². The highest BCUT2D eigenvalue weighted by atomic mass is 16.7. The van der Waals surface area contributed by atoms with Crippen molar-refractivity contribution in [2.24, 2.45) is 5.89 Å². The summed E-state index contributed by atoms with van der Waals surface area (Å²) in [4.78, 5) is 0. The largest absolute Gasteiger partial charge is 0.390 e. The van der Waals surface area contributed by atoms with E-state index < -0.39 is 24.8 Å². The van der Waals surface area contributed by atoms with Crippen molar-refractivity contribution >= 4 is 0 Å². The van der Waals surface area contributed by atoms with Crippen LogP contribution in [0.4, 0.5) is 0 Å². The predicted molar refractivity (Wildman–Crippen MR) is 29.8 cm³/mol. The van der Waals surface area contributed by atoms with Crippen LogP contribution in [0.5, 0.6) is 0 Å². The maximum Gasteiger partial charge on any atom is 0.163 e. The first-order valence-electron chi connectivity index (χ1n) is 4.49. The van der Waals surface area contributed by atoms with Gasteiger partial charge in [0, 0.05) is 7.26 Å². The molecule has 4 atom stereocenters. The lowest BCUT2D eigenvalue weighted by molar-refractivity contribution is -0.0907. The topological polar surface area (TPSA) is 38.7 Å². The van der Waals surface area contributed by atoms with Crippen LogP contribution in [0.25, 0.3) is 0 Å². The zero-order valence-electron chi connectivity index (χ0n) is 7.83. The molecular weight excluding hydrogens is 120 g/mol. The van der Waals surface area contributed by atoms with E-state index in [1.807, 2.05) is 0 Å². The summed E-state index contributed by atoms with van der Waals surface area (Å²) in [5, 5.41) is 9.39. The van der Waals surface area contributed by atoms with E-state index >= 15 is 0 Å². The second-order valence-corrected chi connectivity index (χ2v) is 2.11. The van der Waals surface area contributed by atoms with E-state index in [1.165, 1.54) is 0 Å². The van der Waals surface area contributed by atoms with Gasteiger partial charge in [0.25, 0.3) is 0 Å². The second-order valence-electron chi connectivity index (χ2n) is 2.11. The van der Waals surface area contributed by atoms with Gasteiger partial charge in [-0.05, 0) is 6.42 Å². The van der Waals surface area contributed by atoms with Crippen LogP contribution in [0.1, 0.15) is 10.5 Å². The highest BCUT2D eigenvalue weighted by Gasteiger charge is 2.40. The van der Waals surface area contributed by atoms with Gasteiger partial charge in [-0.25, -0.2) is 0 Å². The highest BCUT2D eigenvalue weighted by molar-refractivity contribution is 4.81. The molecule has 1 N–H and O–H groups in total. The molecule has 0 aromatic carbocycles. The molecule has 0 aromatic rings. The standard InChI is InChI=1S/C6H10O3/c7-5-3-9-6-4(5)1-2-8-6/h4-7H,1-3H2/t4-,5-,6+/m0/s1/i3D,4D,6D/t3?,4-,5-,6+. The first-order valence-corrected chi connectivity index (χ1v) is 2.92. The first-order chi connectivity index (χ1) is 5.50. The van der Waals surface area contributed by atoms with Crippen molar-refractivity contribution in [2.75, 3.05) is 13.2 Å². The molecule has 0 spiro atoms. The van der Waals surface area contributed by atoms with Crippen LogP contribution < -0.4 is 0 Å². The van der Waals surface area contributed by atoms with Gasteiger partial charge in [0.15, 0.2) is 6.27 Å². The summed E-state index contributed by atoms with van der Waals surface area (Å²) in [6.45, 7) is -1.00. The van der Waals surface area contributed by atoms with Gasteiger partial charge in [-0.3, -0.25) is 0 Å². The van der Waals surface area contributed by atoms with E-state index in [2.05, 4.69) is 0 Å². The zero-order valence-corrected chi connectivity index (χ0v) is 4.83. The van der Waals surface area contributed by atoms with E-state index in [4.69, 9.17) is 13.6 Å². The molecule has 1 unspecified atom stereocenters. The highest BCUT2D eigenvalue weighted by Crippen LogP contribution is 2.30. The van der Waals surface area contributed by atoms with Gasteiger partial charge in [0.2, 0.25) is 0 Å². The van der Waals surface area contributed by atoms with E-state index in [0.717, 1.165) is 0 Å². The Balaban J connectivity index is 2.35. The minimum Gasteiger partial charge on any atom is -0.390 e. The van der Waals surface area contributed by atoms with Crippen LogP contribution in [0, 0.1) is 5.89 Å². The molecule has 2 rings (SSSR count). The summed E-state index contributed by atoms with van der Waals surface area (Å²) in [6, 6.07) is 0. The Labute approximate surface area is 57.8 Å². The van der Waals surface area contributed by atoms with E-state index in [-0.39, 0.29) is 13.0 Å². The van der Waals surface area contributed by atoms with Crippen molar-refractivity contribution in [3.05, 3.63) is 0 Å². The average molecular weight is 133 g/mol. The normalized spacial score (nSPS) is 79.0. The third kappa shape index (κ3) is 0.764. The van der Waals surface area contributed by atoms with Gasteiger partial charge in [0.1, 0.15) is 0 Å². The Hall–Kier alpha value is -0.120. The van der Waals surface area contributed by atoms with Crippen LogP contribution in [0.2, 0.25) is 0 Å². The lowest BCUT2D eigenvalue weighted by atomic mass is 10.0. The van der Waals surface area contributed by atoms with E-state index in [1.54, 1.807) is 0 Å². The molecule has 2 aliphatic rings. The summed E-state index contributed by atoms with van der Waals surface area (Å²) in [5.74, 6) is -1.49. The van der Waals surface area contributed by atoms with Gasteiger partial charge >= 0.3 is 0 Å². The monoisotopic (exact) mass is 133 g/mol. The molecule has 2 saturated heterocycles. The van der Waals surface area contributed by atoms with Gasteiger partial charge in [0.05, 0.1) is 22.0 Å². The third-order valence-electron chi connectivity index (χ3n) is 1.53. The molecule has 0 bridgehead atoms. The van der Waals surface area contributed by atoms with Crippen molar-refractivity contribution in [3.63, 3.8) is 0 Å². The number of hydrogen-bond donors (Lipinski definition) is 1. The Morgan fingerprint density at radius 3 is 3.33 bits per heavy atom.